The molecule has 0 fully saturated rings. The van der Waals surface area contributed by atoms with Crippen LogP contribution in [0.4, 0.5) is 0 Å². The zero-order valence-corrected chi connectivity index (χ0v) is 7.82. The minimum absolute atomic E-state index is 0.00854. The summed E-state index contributed by atoms with van der Waals surface area (Å²) in [7, 11) is 0. The lowest BCUT2D eigenvalue weighted by atomic mass is 10.6. The number of aliphatic hydroxyl groups excluding tert-OH is 1. The maximum Gasteiger partial charge on any atom is 0.344 e. The van der Waals surface area contributed by atoms with Crippen molar-refractivity contribution in [3.63, 3.8) is 0 Å². The summed E-state index contributed by atoms with van der Waals surface area (Å²) < 4.78 is 4.60. The molecule has 0 bridgehead atoms. The van der Waals surface area contributed by atoms with E-state index in [0.29, 0.717) is 0 Å². The fourth-order valence-corrected chi connectivity index (χ4v) is 1.03. The number of hydrogen-bond acceptors (Lipinski definition) is 4. The lowest BCUT2D eigenvalue weighted by Crippen LogP contribution is -2.08. The summed E-state index contributed by atoms with van der Waals surface area (Å²) in [6, 6.07) is 0. The zero-order valence-electron chi connectivity index (χ0n) is 7.00. The number of hydrogen-bond donors (Lipinski definition) is 1. The molecule has 0 aliphatic heterocycles. The highest BCUT2D eigenvalue weighted by molar-refractivity contribution is 8.07. The van der Waals surface area contributed by atoms with Gasteiger partial charge >= 0.3 is 5.97 Å². The van der Waals surface area contributed by atoms with Crippen molar-refractivity contribution in [1.82, 2.24) is 0 Å². The predicted octanol–water partition coefficient (Wildman–Crippen LogP) is 1.30. The van der Waals surface area contributed by atoms with E-state index < -0.39 is 5.97 Å². The van der Waals surface area contributed by atoms with Crippen molar-refractivity contribution in [2.24, 2.45) is 0 Å². The Hall–Kier alpha value is -0.740. The molecule has 0 rings (SSSR count). The standard InChI is InChI=1S/C8H12O3S/c1-6(2)12-7(3)8(10)11-5-4-9/h9H,1,3-5H2,2H3. The number of rotatable bonds is 5. The van der Waals surface area contributed by atoms with Gasteiger partial charge in [-0.1, -0.05) is 24.9 Å². The Bertz CT molecular complexity index is 198. The Kier molecular flexibility index (Phi) is 5.49. The summed E-state index contributed by atoms with van der Waals surface area (Å²) in [5, 5.41) is 8.35. The highest BCUT2D eigenvalue weighted by Crippen LogP contribution is 2.22. The minimum Gasteiger partial charge on any atom is -0.459 e. The number of aliphatic hydroxyl groups is 1. The van der Waals surface area contributed by atoms with Gasteiger partial charge in [-0.05, 0) is 11.8 Å². The van der Waals surface area contributed by atoms with Gasteiger partial charge in [-0.3, -0.25) is 0 Å². The van der Waals surface area contributed by atoms with Crippen molar-refractivity contribution in [1.29, 1.82) is 0 Å². The van der Waals surface area contributed by atoms with Crippen LogP contribution in [0.3, 0.4) is 0 Å². The number of carbonyl (C=O) groups excluding carboxylic acids is 1. The summed E-state index contributed by atoms with van der Waals surface area (Å²) in [5.74, 6) is -0.503. The van der Waals surface area contributed by atoms with Crippen LogP contribution >= 0.6 is 11.8 Å². The molecule has 3 nitrogen and oxygen atoms in total. The van der Waals surface area contributed by atoms with Crippen LogP contribution in [0.15, 0.2) is 23.0 Å². The molecule has 0 amide bonds. The molecule has 0 aromatic rings. The monoisotopic (exact) mass is 188 g/mol. The fraction of sp³-hybridized carbons (Fsp3) is 0.375. The van der Waals surface area contributed by atoms with E-state index in [2.05, 4.69) is 17.9 Å². The van der Waals surface area contributed by atoms with Crippen LogP contribution in [0.25, 0.3) is 0 Å². The topological polar surface area (TPSA) is 46.5 Å². The quantitative estimate of drug-likeness (QED) is 0.522. The lowest BCUT2D eigenvalue weighted by Gasteiger charge is -2.04. The average molecular weight is 188 g/mol. The molecular weight excluding hydrogens is 176 g/mol. The summed E-state index contributed by atoms with van der Waals surface area (Å²) >= 11 is 1.17. The van der Waals surface area contributed by atoms with Crippen molar-refractivity contribution in [2.75, 3.05) is 13.2 Å². The van der Waals surface area contributed by atoms with Gasteiger partial charge in [0.2, 0.25) is 0 Å². The molecule has 0 spiro atoms. The van der Waals surface area contributed by atoms with E-state index in [1.165, 1.54) is 11.8 Å². The van der Waals surface area contributed by atoms with Gasteiger partial charge in [-0.15, -0.1) is 0 Å². The molecule has 0 aromatic heterocycles. The molecule has 68 valence electrons. The smallest absolute Gasteiger partial charge is 0.344 e. The number of esters is 1. The first-order chi connectivity index (χ1) is 5.57. The van der Waals surface area contributed by atoms with E-state index in [4.69, 9.17) is 5.11 Å². The van der Waals surface area contributed by atoms with Crippen molar-refractivity contribution < 1.29 is 14.6 Å². The van der Waals surface area contributed by atoms with E-state index >= 15 is 0 Å². The summed E-state index contributed by atoms with van der Waals surface area (Å²) in [5.41, 5.74) is 0. The van der Waals surface area contributed by atoms with Crippen LogP contribution in [0.5, 0.6) is 0 Å². The second-order valence-corrected chi connectivity index (χ2v) is 3.48. The molecule has 12 heavy (non-hydrogen) atoms. The van der Waals surface area contributed by atoms with Crippen molar-refractivity contribution in [3.05, 3.63) is 23.0 Å². The third-order valence-corrected chi connectivity index (χ3v) is 1.61. The van der Waals surface area contributed by atoms with E-state index in [0.717, 1.165) is 4.91 Å². The molecule has 0 radical (unpaired) electrons. The van der Waals surface area contributed by atoms with E-state index in [1.54, 1.807) is 6.92 Å². The Labute approximate surface area is 76.1 Å². The number of allylic oxidation sites excluding steroid dienone is 1. The molecule has 4 heteroatoms. The first kappa shape index (κ1) is 11.3. The van der Waals surface area contributed by atoms with E-state index in [-0.39, 0.29) is 18.1 Å². The SMILES string of the molecule is C=C(C)SC(=C)C(=O)OCCO. The molecule has 0 unspecified atom stereocenters. The van der Waals surface area contributed by atoms with Crippen molar-refractivity contribution in [3.8, 4) is 0 Å². The molecule has 0 aliphatic rings. The Morgan fingerprint density at radius 3 is 2.58 bits per heavy atom. The zero-order chi connectivity index (χ0) is 9.56. The molecular formula is C8H12O3S. The van der Waals surface area contributed by atoms with Crippen LogP contribution in [-0.4, -0.2) is 24.3 Å². The highest BCUT2D eigenvalue weighted by atomic mass is 32.2. The van der Waals surface area contributed by atoms with Crippen LogP contribution in [0.2, 0.25) is 0 Å². The predicted molar refractivity (Wildman–Crippen MR) is 49.6 cm³/mol. The molecule has 0 aliphatic carbocycles. The van der Waals surface area contributed by atoms with Gasteiger partial charge in [0.05, 0.1) is 11.5 Å². The van der Waals surface area contributed by atoms with E-state index in [1.807, 2.05) is 0 Å². The largest absolute Gasteiger partial charge is 0.459 e. The summed E-state index contributed by atoms with van der Waals surface area (Å²) in [6.07, 6.45) is 0. The Balaban J connectivity index is 3.77. The highest BCUT2D eigenvalue weighted by Gasteiger charge is 2.08. The molecule has 0 saturated heterocycles. The second-order valence-electron chi connectivity index (χ2n) is 2.09. The lowest BCUT2D eigenvalue weighted by molar-refractivity contribution is -0.139. The number of carbonyl (C=O) groups is 1. The van der Waals surface area contributed by atoms with Gasteiger partial charge < -0.3 is 9.84 Å². The fourth-order valence-electron chi connectivity index (χ4n) is 0.471. The number of thioether (sulfide) groups is 1. The summed E-state index contributed by atoms with van der Waals surface area (Å²) in [6.45, 7) is 8.71. The third kappa shape index (κ3) is 4.98. The Morgan fingerprint density at radius 1 is 1.58 bits per heavy atom. The summed E-state index contributed by atoms with van der Waals surface area (Å²) in [4.78, 5) is 12.0. The normalized spacial score (nSPS) is 9.17. The molecule has 0 atom stereocenters. The van der Waals surface area contributed by atoms with Crippen molar-refractivity contribution in [2.45, 2.75) is 6.92 Å². The molecule has 0 aromatic carbocycles. The minimum atomic E-state index is -0.503. The third-order valence-electron chi connectivity index (χ3n) is 0.850. The van der Waals surface area contributed by atoms with Gasteiger partial charge in [0, 0.05) is 0 Å². The van der Waals surface area contributed by atoms with Crippen molar-refractivity contribution >= 4 is 17.7 Å². The van der Waals surface area contributed by atoms with Crippen LogP contribution in [0.1, 0.15) is 6.92 Å². The van der Waals surface area contributed by atoms with Gasteiger partial charge in [-0.25, -0.2) is 4.79 Å². The van der Waals surface area contributed by atoms with E-state index in [9.17, 15) is 4.79 Å². The van der Waals surface area contributed by atoms with Gasteiger partial charge in [-0.2, -0.15) is 0 Å². The molecule has 1 N–H and O–H groups in total. The molecule has 0 heterocycles. The Morgan fingerprint density at radius 2 is 2.17 bits per heavy atom. The molecule has 0 saturated carbocycles. The maximum absolute atomic E-state index is 10.9. The van der Waals surface area contributed by atoms with Crippen LogP contribution in [0, 0.1) is 0 Å². The van der Waals surface area contributed by atoms with Crippen LogP contribution in [-0.2, 0) is 9.53 Å². The average Bonchev–Trinajstić information content (AvgIpc) is 1.98. The first-order valence-electron chi connectivity index (χ1n) is 3.38. The van der Waals surface area contributed by atoms with Gasteiger partial charge in [0.25, 0.3) is 0 Å². The van der Waals surface area contributed by atoms with Gasteiger partial charge in [0.15, 0.2) is 0 Å². The van der Waals surface area contributed by atoms with Gasteiger partial charge in [0.1, 0.15) is 6.61 Å². The maximum atomic E-state index is 10.9. The second kappa shape index (κ2) is 5.85. The number of ether oxygens (including phenoxy) is 1. The first-order valence-corrected chi connectivity index (χ1v) is 4.20. The van der Waals surface area contributed by atoms with Crippen LogP contribution < -0.4 is 0 Å².